The minimum atomic E-state index is -0.328. The summed E-state index contributed by atoms with van der Waals surface area (Å²) >= 11 is 1.65. The maximum absolute atomic E-state index is 11.7. The summed E-state index contributed by atoms with van der Waals surface area (Å²) in [5, 5.41) is 4.49. The highest BCUT2D eigenvalue weighted by Gasteiger charge is 2.27. The van der Waals surface area contributed by atoms with Crippen LogP contribution < -0.4 is 10.1 Å². The number of para-hydroxylation sites is 2. The summed E-state index contributed by atoms with van der Waals surface area (Å²) in [5.74, 6) is 0.549. The van der Waals surface area contributed by atoms with E-state index in [0.29, 0.717) is 19.6 Å². The number of hydrogen-bond donors (Lipinski definition) is 1. The largest absolute Gasteiger partial charge is 0.489 e. The summed E-state index contributed by atoms with van der Waals surface area (Å²) in [5.41, 5.74) is 7.53. The summed E-state index contributed by atoms with van der Waals surface area (Å²) in [7, 11) is 0. The van der Waals surface area contributed by atoms with E-state index in [0.717, 1.165) is 38.9 Å². The molecule has 3 aromatic carbocycles. The maximum atomic E-state index is 11.7. The van der Waals surface area contributed by atoms with Gasteiger partial charge >= 0.3 is 5.97 Å². The highest BCUT2D eigenvalue weighted by atomic mass is 32.2. The fourth-order valence-electron chi connectivity index (χ4n) is 4.30. The zero-order chi connectivity index (χ0) is 23.7. The first-order valence-corrected chi connectivity index (χ1v) is 12.6. The topological polar surface area (TPSA) is 65.4 Å². The molecule has 1 aromatic heterocycles. The van der Waals surface area contributed by atoms with Crippen molar-refractivity contribution in [3.05, 3.63) is 77.4 Å². The van der Waals surface area contributed by atoms with Crippen LogP contribution in [0.4, 0.5) is 5.69 Å². The van der Waals surface area contributed by atoms with Crippen LogP contribution in [0.25, 0.3) is 16.7 Å². The van der Waals surface area contributed by atoms with Gasteiger partial charge in [-0.1, -0.05) is 43.0 Å². The van der Waals surface area contributed by atoms with Crippen LogP contribution in [0.2, 0.25) is 0 Å². The fourth-order valence-corrected chi connectivity index (χ4v) is 4.87. The number of aromatic nitrogens is 2. The van der Waals surface area contributed by atoms with E-state index < -0.39 is 0 Å². The Morgan fingerprint density at radius 3 is 2.88 bits per heavy atom. The van der Waals surface area contributed by atoms with Gasteiger partial charge in [-0.25, -0.2) is 4.98 Å². The number of hydrogen-bond acceptors (Lipinski definition) is 6. The lowest BCUT2D eigenvalue weighted by Crippen LogP contribution is -2.11. The molecule has 4 aromatic rings. The number of thioether (sulfide) groups is 1. The van der Waals surface area contributed by atoms with Crippen LogP contribution >= 0.6 is 11.8 Å². The smallest absolute Gasteiger partial charge is 0.306 e. The molecule has 7 heteroatoms. The third-order valence-corrected chi connectivity index (χ3v) is 6.81. The molecule has 0 bridgehead atoms. The second-order valence-electron chi connectivity index (χ2n) is 8.23. The first kappa shape index (κ1) is 22.3. The standard InChI is InChI=1S/C27H27N3O3S/c1-4-26(31)33-25-16-32-24-14-19(12-13-20(24)25)28-15-18-8-7-11-22(17(18)2)30-23-10-6-5-9-21(23)29-27(30)34-3/h5-14,25,28H,4,15-16H2,1-3H3/t25-/m1/s1. The highest BCUT2D eigenvalue weighted by Crippen LogP contribution is 2.37. The SMILES string of the molecule is CCC(=O)O[C@@H]1COc2cc(NCc3cccc(-n4c(SC)nc5ccccc54)c3C)ccc21. The van der Waals surface area contributed by atoms with Crippen LogP contribution in [0, 0.1) is 6.92 Å². The Morgan fingerprint density at radius 2 is 2.06 bits per heavy atom. The minimum Gasteiger partial charge on any atom is -0.489 e. The van der Waals surface area contributed by atoms with Crippen LogP contribution in [-0.4, -0.2) is 28.4 Å². The molecule has 0 aliphatic carbocycles. The first-order valence-electron chi connectivity index (χ1n) is 11.4. The molecule has 0 amide bonds. The van der Waals surface area contributed by atoms with E-state index in [1.54, 1.807) is 18.7 Å². The van der Waals surface area contributed by atoms with Crippen LogP contribution in [0.3, 0.4) is 0 Å². The van der Waals surface area contributed by atoms with Crippen molar-refractivity contribution in [1.29, 1.82) is 0 Å². The van der Waals surface area contributed by atoms with Gasteiger partial charge in [0.05, 0.1) is 16.7 Å². The second kappa shape index (κ2) is 9.43. The zero-order valence-electron chi connectivity index (χ0n) is 19.5. The predicted molar refractivity (Wildman–Crippen MR) is 136 cm³/mol. The molecule has 0 saturated carbocycles. The Balaban J connectivity index is 1.38. The lowest BCUT2D eigenvalue weighted by atomic mass is 10.1. The minimum absolute atomic E-state index is 0.214. The van der Waals surface area contributed by atoms with Gasteiger partial charge in [0.1, 0.15) is 12.4 Å². The Morgan fingerprint density at radius 1 is 1.21 bits per heavy atom. The molecular weight excluding hydrogens is 446 g/mol. The molecule has 0 saturated heterocycles. The van der Waals surface area contributed by atoms with Gasteiger partial charge in [0, 0.05) is 30.3 Å². The quantitative estimate of drug-likeness (QED) is 0.260. The van der Waals surface area contributed by atoms with E-state index in [1.807, 2.05) is 24.3 Å². The van der Waals surface area contributed by atoms with Crippen molar-refractivity contribution in [3.63, 3.8) is 0 Å². The van der Waals surface area contributed by atoms with Gasteiger partial charge < -0.3 is 14.8 Å². The average molecular weight is 474 g/mol. The van der Waals surface area contributed by atoms with Crippen molar-refractivity contribution >= 4 is 34.5 Å². The van der Waals surface area contributed by atoms with E-state index in [9.17, 15) is 4.79 Å². The monoisotopic (exact) mass is 473 g/mol. The zero-order valence-corrected chi connectivity index (χ0v) is 20.3. The number of anilines is 1. The van der Waals surface area contributed by atoms with Gasteiger partial charge in [-0.3, -0.25) is 9.36 Å². The van der Waals surface area contributed by atoms with Crippen LogP contribution in [0.1, 0.15) is 36.1 Å². The Bertz CT molecular complexity index is 1360. The van der Waals surface area contributed by atoms with Gasteiger partial charge in [0.15, 0.2) is 11.3 Å². The van der Waals surface area contributed by atoms with Crippen LogP contribution in [0.5, 0.6) is 5.75 Å². The Kier molecular flexibility index (Phi) is 6.20. The molecular formula is C27H27N3O3S. The molecule has 5 rings (SSSR count). The number of nitrogens with zero attached hydrogens (tertiary/aromatic N) is 2. The number of imidazole rings is 1. The first-order chi connectivity index (χ1) is 16.6. The van der Waals surface area contributed by atoms with E-state index in [-0.39, 0.29) is 12.1 Å². The van der Waals surface area contributed by atoms with Gasteiger partial charge in [0.25, 0.3) is 0 Å². The summed E-state index contributed by atoms with van der Waals surface area (Å²) in [4.78, 5) is 16.5. The van der Waals surface area contributed by atoms with Gasteiger partial charge in [-0.2, -0.15) is 0 Å². The third-order valence-electron chi connectivity index (χ3n) is 6.17. The summed E-state index contributed by atoms with van der Waals surface area (Å²) in [6, 6.07) is 20.6. The number of fused-ring (bicyclic) bond motifs is 2. The molecule has 174 valence electrons. The van der Waals surface area contributed by atoms with Gasteiger partial charge in [0.2, 0.25) is 0 Å². The molecule has 1 N–H and O–H groups in total. The molecule has 1 aliphatic rings. The van der Waals surface area contributed by atoms with E-state index in [1.165, 1.54) is 11.1 Å². The number of carbonyl (C=O) groups excluding carboxylic acids is 1. The van der Waals surface area contributed by atoms with Gasteiger partial charge in [-0.05, 0) is 54.6 Å². The van der Waals surface area contributed by atoms with Crippen molar-refractivity contribution < 1.29 is 14.3 Å². The molecule has 0 spiro atoms. The average Bonchev–Trinajstić information content (AvgIpc) is 3.44. The predicted octanol–water partition coefficient (Wildman–Crippen LogP) is 6.05. The third kappa shape index (κ3) is 4.12. The summed E-state index contributed by atoms with van der Waals surface area (Å²) < 4.78 is 13.5. The molecule has 1 aliphatic heterocycles. The van der Waals surface area contributed by atoms with Crippen molar-refractivity contribution in [3.8, 4) is 11.4 Å². The molecule has 0 radical (unpaired) electrons. The molecule has 34 heavy (non-hydrogen) atoms. The Labute approximate surface area is 203 Å². The second-order valence-corrected chi connectivity index (χ2v) is 9.01. The maximum Gasteiger partial charge on any atom is 0.306 e. The lowest BCUT2D eigenvalue weighted by molar-refractivity contribution is -0.149. The van der Waals surface area contributed by atoms with Crippen molar-refractivity contribution in [2.75, 3.05) is 18.2 Å². The van der Waals surface area contributed by atoms with Crippen molar-refractivity contribution in [1.82, 2.24) is 9.55 Å². The highest BCUT2D eigenvalue weighted by molar-refractivity contribution is 7.98. The van der Waals surface area contributed by atoms with E-state index in [2.05, 4.69) is 59.5 Å². The van der Waals surface area contributed by atoms with Crippen LogP contribution in [0.15, 0.2) is 65.8 Å². The number of benzene rings is 3. The van der Waals surface area contributed by atoms with E-state index in [4.69, 9.17) is 14.5 Å². The number of rotatable bonds is 7. The van der Waals surface area contributed by atoms with E-state index >= 15 is 0 Å². The number of ether oxygens (including phenoxy) is 2. The summed E-state index contributed by atoms with van der Waals surface area (Å²) in [6.07, 6.45) is 2.09. The summed E-state index contributed by atoms with van der Waals surface area (Å²) in [6.45, 7) is 4.99. The number of esters is 1. The molecule has 1 atom stereocenters. The molecule has 0 unspecified atom stereocenters. The number of carbonyl (C=O) groups is 1. The normalized spacial score (nSPS) is 14.6. The van der Waals surface area contributed by atoms with Crippen molar-refractivity contribution in [2.45, 2.75) is 38.1 Å². The molecule has 2 heterocycles. The van der Waals surface area contributed by atoms with Gasteiger partial charge in [-0.15, -0.1) is 0 Å². The van der Waals surface area contributed by atoms with Crippen molar-refractivity contribution in [2.24, 2.45) is 0 Å². The van der Waals surface area contributed by atoms with Crippen LogP contribution in [-0.2, 0) is 16.1 Å². The number of nitrogens with one attached hydrogen (secondary N) is 1. The fraction of sp³-hybridized carbons (Fsp3) is 0.259. The molecule has 6 nitrogen and oxygen atoms in total. The molecule has 0 fully saturated rings. The lowest BCUT2D eigenvalue weighted by Gasteiger charge is -2.16. The Hall–Kier alpha value is -3.45.